The molecule has 1 heterocycles. The van der Waals surface area contributed by atoms with Gasteiger partial charge in [-0.15, -0.1) is 0 Å². The van der Waals surface area contributed by atoms with E-state index in [1.807, 2.05) is 42.5 Å². The lowest BCUT2D eigenvalue weighted by molar-refractivity contribution is 0.481. The number of para-hydroxylation sites is 1. The number of allylic oxidation sites excluding steroid dienone is 4. The first-order valence-electron chi connectivity index (χ1n) is 6.34. The summed E-state index contributed by atoms with van der Waals surface area (Å²) in [6.45, 7) is 4.10. The summed E-state index contributed by atoms with van der Waals surface area (Å²) in [6, 6.07) is 14.3. The summed E-state index contributed by atoms with van der Waals surface area (Å²) in [4.78, 5) is 0. The van der Waals surface area contributed by atoms with E-state index in [4.69, 9.17) is 4.74 Å². The Balaban J connectivity index is 2.18. The van der Waals surface area contributed by atoms with E-state index in [1.54, 1.807) is 6.26 Å². The first kappa shape index (κ1) is 12.9. The van der Waals surface area contributed by atoms with Gasteiger partial charge in [-0.3, -0.25) is 0 Å². The van der Waals surface area contributed by atoms with Gasteiger partial charge in [0.25, 0.3) is 0 Å². The third-order valence-electron chi connectivity index (χ3n) is 3.19. The highest BCUT2D eigenvalue weighted by Crippen LogP contribution is 2.37. The standard InChI is InChI=1S/C18H13BrO/c1-13-5-2-3-12-20-18-16(13)6-4-7-17(18)14-8-10-15(19)11-9-14/h2-12H,1H2/b5-2-,12-3-. The van der Waals surface area contributed by atoms with Gasteiger partial charge in [0.1, 0.15) is 5.75 Å². The molecule has 0 bridgehead atoms. The molecular weight excluding hydrogens is 312 g/mol. The summed E-state index contributed by atoms with van der Waals surface area (Å²) in [7, 11) is 0. The van der Waals surface area contributed by atoms with Gasteiger partial charge in [0.05, 0.1) is 6.26 Å². The predicted octanol–water partition coefficient (Wildman–Crippen LogP) is 5.59. The molecule has 0 atom stereocenters. The molecular formula is C18H13BrO. The van der Waals surface area contributed by atoms with Gasteiger partial charge in [-0.1, -0.05) is 65.0 Å². The van der Waals surface area contributed by atoms with Crippen molar-refractivity contribution in [1.29, 1.82) is 0 Å². The fraction of sp³-hybridized carbons (Fsp3) is 0. The summed E-state index contributed by atoms with van der Waals surface area (Å²) in [6.07, 6.45) is 7.48. The van der Waals surface area contributed by atoms with Gasteiger partial charge in [-0.05, 0) is 29.3 Å². The van der Waals surface area contributed by atoms with Crippen LogP contribution in [0.5, 0.6) is 5.75 Å². The highest BCUT2D eigenvalue weighted by molar-refractivity contribution is 9.10. The normalized spacial score (nSPS) is 16.6. The van der Waals surface area contributed by atoms with Crippen molar-refractivity contribution in [2.24, 2.45) is 0 Å². The smallest absolute Gasteiger partial charge is 0.142 e. The maximum absolute atomic E-state index is 5.81. The Morgan fingerprint density at radius 3 is 2.45 bits per heavy atom. The number of fused-ring (bicyclic) bond motifs is 1. The van der Waals surface area contributed by atoms with E-state index in [0.717, 1.165) is 32.5 Å². The van der Waals surface area contributed by atoms with Gasteiger partial charge in [-0.2, -0.15) is 0 Å². The molecule has 1 aliphatic heterocycles. The molecule has 20 heavy (non-hydrogen) atoms. The van der Waals surface area contributed by atoms with Crippen LogP contribution < -0.4 is 4.74 Å². The number of hydrogen-bond acceptors (Lipinski definition) is 1. The van der Waals surface area contributed by atoms with Gasteiger partial charge in [0.15, 0.2) is 0 Å². The van der Waals surface area contributed by atoms with Crippen LogP contribution in [-0.2, 0) is 0 Å². The number of ether oxygens (including phenoxy) is 1. The Labute approximate surface area is 127 Å². The van der Waals surface area contributed by atoms with Crippen LogP contribution in [0.1, 0.15) is 5.56 Å². The maximum Gasteiger partial charge on any atom is 0.142 e. The highest BCUT2D eigenvalue weighted by Gasteiger charge is 2.13. The Hall–Kier alpha value is -2.06. The molecule has 0 radical (unpaired) electrons. The van der Waals surface area contributed by atoms with Crippen LogP contribution in [0.3, 0.4) is 0 Å². The maximum atomic E-state index is 5.81. The lowest BCUT2D eigenvalue weighted by Crippen LogP contribution is -1.94. The fourth-order valence-corrected chi connectivity index (χ4v) is 2.45. The van der Waals surface area contributed by atoms with E-state index in [1.165, 1.54) is 0 Å². The zero-order valence-electron chi connectivity index (χ0n) is 10.8. The van der Waals surface area contributed by atoms with Gasteiger partial charge < -0.3 is 4.74 Å². The van der Waals surface area contributed by atoms with Crippen LogP contribution in [0.4, 0.5) is 0 Å². The second-order valence-corrected chi connectivity index (χ2v) is 5.44. The van der Waals surface area contributed by atoms with E-state index in [0.29, 0.717) is 0 Å². The van der Waals surface area contributed by atoms with E-state index in [9.17, 15) is 0 Å². The molecule has 1 nitrogen and oxygen atoms in total. The van der Waals surface area contributed by atoms with E-state index in [2.05, 4.69) is 40.7 Å². The predicted molar refractivity (Wildman–Crippen MR) is 87.5 cm³/mol. The summed E-state index contributed by atoms with van der Waals surface area (Å²) >= 11 is 3.46. The largest absolute Gasteiger partial charge is 0.464 e. The van der Waals surface area contributed by atoms with Gasteiger partial charge >= 0.3 is 0 Å². The van der Waals surface area contributed by atoms with E-state index >= 15 is 0 Å². The molecule has 0 N–H and O–H groups in total. The van der Waals surface area contributed by atoms with Gasteiger partial charge in [-0.25, -0.2) is 0 Å². The van der Waals surface area contributed by atoms with Crippen LogP contribution in [0.2, 0.25) is 0 Å². The summed E-state index contributed by atoms with van der Waals surface area (Å²) in [5, 5.41) is 0. The number of rotatable bonds is 1. The first-order chi connectivity index (χ1) is 9.75. The van der Waals surface area contributed by atoms with Crippen molar-refractivity contribution in [3.63, 3.8) is 0 Å². The lowest BCUT2D eigenvalue weighted by atomic mass is 9.97. The topological polar surface area (TPSA) is 9.23 Å². The van der Waals surface area contributed by atoms with Crippen LogP contribution in [0, 0.1) is 0 Å². The molecule has 0 amide bonds. The van der Waals surface area contributed by atoms with Crippen LogP contribution in [0.25, 0.3) is 16.7 Å². The molecule has 0 fully saturated rings. The van der Waals surface area contributed by atoms with E-state index in [-0.39, 0.29) is 0 Å². The third-order valence-corrected chi connectivity index (χ3v) is 3.72. The molecule has 98 valence electrons. The van der Waals surface area contributed by atoms with Gasteiger partial charge in [0, 0.05) is 15.6 Å². The van der Waals surface area contributed by atoms with Gasteiger partial charge in [0.2, 0.25) is 0 Å². The molecule has 0 aliphatic carbocycles. The summed E-state index contributed by atoms with van der Waals surface area (Å²) in [5.41, 5.74) is 4.15. The van der Waals surface area contributed by atoms with Crippen molar-refractivity contribution < 1.29 is 4.74 Å². The Morgan fingerprint density at radius 2 is 1.65 bits per heavy atom. The molecule has 0 saturated heterocycles. The fourth-order valence-electron chi connectivity index (χ4n) is 2.19. The van der Waals surface area contributed by atoms with Crippen molar-refractivity contribution in [2.75, 3.05) is 0 Å². The van der Waals surface area contributed by atoms with Crippen molar-refractivity contribution in [3.8, 4) is 16.9 Å². The van der Waals surface area contributed by atoms with Crippen LogP contribution >= 0.6 is 15.9 Å². The minimum absolute atomic E-state index is 0.848. The monoisotopic (exact) mass is 324 g/mol. The molecule has 3 rings (SSSR count). The van der Waals surface area contributed by atoms with Crippen LogP contribution in [0.15, 0.2) is 78.0 Å². The Morgan fingerprint density at radius 1 is 0.900 bits per heavy atom. The molecule has 0 saturated carbocycles. The van der Waals surface area contributed by atoms with Crippen molar-refractivity contribution in [3.05, 3.63) is 83.6 Å². The second kappa shape index (κ2) is 5.51. The quantitative estimate of drug-likeness (QED) is 0.664. The molecule has 1 aliphatic rings. The molecule has 2 heteroatoms. The molecule has 0 aromatic heterocycles. The summed E-state index contributed by atoms with van der Waals surface area (Å²) < 4.78 is 6.87. The zero-order chi connectivity index (χ0) is 13.9. The average Bonchev–Trinajstić information content (AvgIpc) is 2.45. The summed E-state index contributed by atoms with van der Waals surface area (Å²) in [5.74, 6) is 0.848. The van der Waals surface area contributed by atoms with Crippen molar-refractivity contribution in [1.82, 2.24) is 0 Å². The van der Waals surface area contributed by atoms with E-state index < -0.39 is 0 Å². The third kappa shape index (κ3) is 2.47. The zero-order valence-corrected chi connectivity index (χ0v) is 12.4. The number of benzene rings is 2. The lowest BCUT2D eigenvalue weighted by Gasteiger charge is -2.15. The van der Waals surface area contributed by atoms with Crippen LogP contribution in [-0.4, -0.2) is 0 Å². The minimum atomic E-state index is 0.848. The molecule has 2 aromatic carbocycles. The molecule has 0 spiro atoms. The first-order valence-corrected chi connectivity index (χ1v) is 7.13. The second-order valence-electron chi connectivity index (χ2n) is 4.52. The highest BCUT2D eigenvalue weighted by atomic mass is 79.9. The van der Waals surface area contributed by atoms with Crippen molar-refractivity contribution in [2.45, 2.75) is 0 Å². The average molecular weight is 325 g/mol. The minimum Gasteiger partial charge on any atom is -0.464 e. The van der Waals surface area contributed by atoms with Crippen molar-refractivity contribution >= 4 is 21.5 Å². The number of hydrogen-bond donors (Lipinski definition) is 0. The Kier molecular flexibility index (Phi) is 3.57. The SMILES string of the molecule is C=C1/C=C\C=C/Oc2c1cccc2-c1ccc(Br)cc1. The number of halogens is 1. The molecule has 2 aromatic rings. The Bertz CT molecular complexity index is 709. The molecule has 0 unspecified atom stereocenters.